The van der Waals surface area contributed by atoms with Crippen LogP contribution >= 0.6 is 11.6 Å². The first-order valence-corrected chi connectivity index (χ1v) is 11.7. The van der Waals surface area contributed by atoms with Crippen LogP contribution in [0.4, 0.5) is 28.8 Å². The number of benzene rings is 2. The van der Waals surface area contributed by atoms with Gasteiger partial charge in [0.15, 0.2) is 0 Å². The van der Waals surface area contributed by atoms with Crippen LogP contribution in [-0.2, 0) is 6.42 Å². The summed E-state index contributed by atoms with van der Waals surface area (Å²) in [6.45, 7) is 6.43. The van der Waals surface area contributed by atoms with E-state index >= 15 is 0 Å². The van der Waals surface area contributed by atoms with Crippen molar-refractivity contribution in [2.24, 2.45) is 0 Å². The zero-order valence-electron chi connectivity index (χ0n) is 19.4. The molecule has 0 amide bonds. The molecule has 1 aliphatic heterocycles. The molecule has 2 aromatic carbocycles. The molecule has 0 saturated carbocycles. The van der Waals surface area contributed by atoms with Gasteiger partial charge in [-0.05, 0) is 49.9 Å². The number of halogens is 1. The number of aryl methyl sites for hydroxylation is 1. The molecular weight excluding hydrogens is 436 g/mol. The minimum absolute atomic E-state index is 0.547. The van der Waals surface area contributed by atoms with Crippen molar-refractivity contribution < 1.29 is 4.74 Å². The van der Waals surface area contributed by atoms with Gasteiger partial charge >= 0.3 is 0 Å². The number of nitrogens with one attached hydrogen (secondary N) is 2. The zero-order chi connectivity index (χ0) is 23.2. The lowest BCUT2D eigenvalue weighted by Gasteiger charge is -2.34. The molecular formula is C25H31ClN6O. The molecule has 0 radical (unpaired) electrons. The maximum absolute atomic E-state index is 6.17. The number of rotatable bonds is 8. The lowest BCUT2D eigenvalue weighted by atomic mass is 10.2. The normalized spacial score (nSPS) is 14.2. The molecule has 1 fully saturated rings. The lowest BCUT2D eigenvalue weighted by Crippen LogP contribution is -2.44. The molecule has 0 atom stereocenters. The van der Waals surface area contributed by atoms with E-state index in [1.807, 2.05) is 24.4 Å². The minimum atomic E-state index is 0.547. The second-order valence-corrected chi connectivity index (χ2v) is 8.66. The number of likely N-dealkylation sites (N-methyl/N-ethyl adjacent to an activating group) is 1. The molecule has 8 heteroatoms. The van der Waals surface area contributed by atoms with Crippen LogP contribution < -0.4 is 20.3 Å². The smallest absolute Gasteiger partial charge is 0.229 e. The minimum Gasteiger partial charge on any atom is -0.495 e. The average Bonchev–Trinajstić information content (AvgIpc) is 2.83. The van der Waals surface area contributed by atoms with Gasteiger partial charge in [0.2, 0.25) is 5.95 Å². The third-order valence-electron chi connectivity index (χ3n) is 5.79. The topological polar surface area (TPSA) is 65.6 Å². The van der Waals surface area contributed by atoms with Gasteiger partial charge < -0.3 is 25.2 Å². The molecule has 1 saturated heterocycles. The van der Waals surface area contributed by atoms with Crippen LogP contribution in [0, 0.1) is 0 Å². The second kappa shape index (κ2) is 10.7. The van der Waals surface area contributed by atoms with Crippen molar-refractivity contribution in [3.05, 3.63) is 59.2 Å². The van der Waals surface area contributed by atoms with Crippen molar-refractivity contribution in [3.8, 4) is 5.75 Å². The standard InChI is InChI=1S/C25H31ClN6O/c1-4-5-18-17-27-25(30-24(18)28-20-8-11-22(26)23(16-20)33-3)29-19-6-9-21(10-7-19)32-14-12-31(2)13-15-32/h6-11,16-17H,4-5,12-15H2,1-3H3,(H2,27,28,29,30). The molecule has 0 unspecified atom stereocenters. The summed E-state index contributed by atoms with van der Waals surface area (Å²) < 4.78 is 5.34. The number of piperazine rings is 1. The van der Waals surface area contributed by atoms with Gasteiger partial charge in [-0.25, -0.2) is 4.98 Å². The second-order valence-electron chi connectivity index (χ2n) is 8.25. The lowest BCUT2D eigenvalue weighted by molar-refractivity contribution is 0.313. The summed E-state index contributed by atoms with van der Waals surface area (Å²) in [6, 6.07) is 14.0. The first-order chi connectivity index (χ1) is 16.1. The summed E-state index contributed by atoms with van der Waals surface area (Å²) in [5.74, 6) is 1.94. The summed E-state index contributed by atoms with van der Waals surface area (Å²) in [5, 5.41) is 7.31. The fraction of sp³-hybridized carbons (Fsp3) is 0.360. The first kappa shape index (κ1) is 23.1. The Balaban J connectivity index is 1.50. The molecule has 33 heavy (non-hydrogen) atoms. The Kier molecular flexibility index (Phi) is 7.52. The van der Waals surface area contributed by atoms with Crippen LogP contribution in [0.25, 0.3) is 0 Å². The molecule has 3 aromatic rings. The average molecular weight is 467 g/mol. The van der Waals surface area contributed by atoms with E-state index in [1.165, 1.54) is 5.69 Å². The molecule has 2 N–H and O–H groups in total. The van der Waals surface area contributed by atoms with Gasteiger partial charge in [-0.1, -0.05) is 24.9 Å². The molecule has 1 aromatic heterocycles. The number of methoxy groups -OCH3 is 1. The van der Waals surface area contributed by atoms with Crippen LogP contribution in [-0.4, -0.2) is 55.2 Å². The number of hydrogen-bond acceptors (Lipinski definition) is 7. The summed E-state index contributed by atoms with van der Waals surface area (Å²) >= 11 is 6.17. The van der Waals surface area contributed by atoms with Crippen LogP contribution in [0.15, 0.2) is 48.7 Å². The van der Waals surface area contributed by atoms with Crippen molar-refractivity contribution in [1.82, 2.24) is 14.9 Å². The number of hydrogen-bond donors (Lipinski definition) is 2. The number of aromatic nitrogens is 2. The predicted octanol–water partition coefficient (Wildman–Crippen LogP) is 5.33. The van der Waals surface area contributed by atoms with Crippen LogP contribution in [0.5, 0.6) is 5.75 Å². The monoisotopic (exact) mass is 466 g/mol. The van der Waals surface area contributed by atoms with Gasteiger partial charge in [0.25, 0.3) is 0 Å². The SMILES string of the molecule is CCCc1cnc(Nc2ccc(N3CCN(C)CC3)cc2)nc1Nc1ccc(Cl)c(OC)c1. The van der Waals surface area contributed by atoms with Crippen molar-refractivity contribution in [2.45, 2.75) is 19.8 Å². The van der Waals surface area contributed by atoms with Gasteiger partial charge in [0, 0.05) is 61.1 Å². The van der Waals surface area contributed by atoms with Crippen molar-refractivity contribution in [3.63, 3.8) is 0 Å². The molecule has 0 aliphatic carbocycles. The van der Waals surface area contributed by atoms with E-state index in [4.69, 9.17) is 21.3 Å². The fourth-order valence-electron chi connectivity index (χ4n) is 3.85. The van der Waals surface area contributed by atoms with Gasteiger partial charge in [0.05, 0.1) is 12.1 Å². The van der Waals surface area contributed by atoms with E-state index < -0.39 is 0 Å². The van der Waals surface area contributed by atoms with Gasteiger partial charge in [-0.2, -0.15) is 4.98 Å². The highest BCUT2D eigenvalue weighted by Gasteiger charge is 2.14. The summed E-state index contributed by atoms with van der Waals surface area (Å²) in [7, 11) is 3.78. The Morgan fingerprint density at radius 1 is 1.00 bits per heavy atom. The highest BCUT2D eigenvalue weighted by atomic mass is 35.5. The van der Waals surface area contributed by atoms with E-state index in [9.17, 15) is 0 Å². The van der Waals surface area contributed by atoms with Gasteiger partial charge in [0.1, 0.15) is 11.6 Å². The number of anilines is 5. The van der Waals surface area contributed by atoms with E-state index in [0.717, 1.165) is 61.8 Å². The molecule has 1 aliphatic rings. The van der Waals surface area contributed by atoms with Crippen LogP contribution in [0.2, 0.25) is 5.02 Å². The van der Waals surface area contributed by atoms with E-state index in [0.29, 0.717) is 16.7 Å². The van der Waals surface area contributed by atoms with Crippen LogP contribution in [0.1, 0.15) is 18.9 Å². The maximum atomic E-state index is 6.17. The fourth-order valence-corrected chi connectivity index (χ4v) is 4.05. The molecule has 2 heterocycles. The molecule has 0 bridgehead atoms. The Labute approximate surface area is 200 Å². The highest BCUT2D eigenvalue weighted by Crippen LogP contribution is 2.30. The third kappa shape index (κ3) is 5.86. The van der Waals surface area contributed by atoms with E-state index in [2.05, 4.69) is 63.7 Å². The Morgan fingerprint density at radius 2 is 1.73 bits per heavy atom. The largest absolute Gasteiger partial charge is 0.495 e. The summed E-state index contributed by atoms with van der Waals surface area (Å²) in [4.78, 5) is 14.1. The molecule has 174 valence electrons. The Bertz CT molecular complexity index is 1070. The van der Waals surface area contributed by atoms with Crippen molar-refractivity contribution in [1.29, 1.82) is 0 Å². The quantitative estimate of drug-likeness (QED) is 0.465. The van der Waals surface area contributed by atoms with Gasteiger partial charge in [-0.15, -0.1) is 0 Å². The zero-order valence-corrected chi connectivity index (χ0v) is 20.2. The van der Waals surface area contributed by atoms with Crippen molar-refractivity contribution >= 4 is 40.4 Å². The maximum Gasteiger partial charge on any atom is 0.229 e. The van der Waals surface area contributed by atoms with Gasteiger partial charge in [-0.3, -0.25) is 0 Å². The highest BCUT2D eigenvalue weighted by molar-refractivity contribution is 6.32. The summed E-state index contributed by atoms with van der Waals surface area (Å²) in [6.07, 6.45) is 3.77. The first-order valence-electron chi connectivity index (χ1n) is 11.3. The number of ether oxygens (including phenoxy) is 1. The van der Waals surface area contributed by atoms with E-state index in [1.54, 1.807) is 7.11 Å². The molecule has 7 nitrogen and oxygen atoms in total. The van der Waals surface area contributed by atoms with Crippen LogP contribution in [0.3, 0.4) is 0 Å². The predicted molar refractivity (Wildman–Crippen MR) is 137 cm³/mol. The molecule has 4 rings (SSSR count). The Hall–Kier alpha value is -3.03. The molecule has 0 spiro atoms. The van der Waals surface area contributed by atoms with E-state index in [-0.39, 0.29) is 0 Å². The Morgan fingerprint density at radius 3 is 2.42 bits per heavy atom. The summed E-state index contributed by atoms with van der Waals surface area (Å²) in [5.41, 5.74) is 4.11. The third-order valence-corrected chi connectivity index (χ3v) is 6.10. The van der Waals surface area contributed by atoms with Crippen molar-refractivity contribution in [2.75, 3.05) is 55.9 Å². The number of nitrogens with zero attached hydrogens (tertiary/aromatic N) is 4.